The fourth-order valence-corrected chi connectivity index (χ4v) is 2.22. The molecule has 0 atom stereocenters. The van der Waals surface area contributed by atoms with Gasteiger partial charge in [-0.25, -0.2) is 0 Å². The molecule has 0 aromatic rings. The van der Waals surface area contributed by atoms with E-state index in [4.69, 9.17) is 4.74 Å². The van der Waals surface area contributed by atoms with E-state index in [1.54, 1.807) is 0 Å². The van der Waals surface area contributed by atoms with Crippen LogP contribution in [0.25, 0.3) is 0 Å². The van der Waals surface area contributed by atoms with E-state index >= 15 is 0 Å². The van der Waals surface area contributed by atoms with Crippen LogP contribution in [0, 0.1) is 5.92 Å². The summed E-state index contributed by atoms with van der Waals surface area (Å²) in [6, 6.07) is 0. The monoisotopic (exact) mass is 241 g/mol. The highest BCUT2D eigenvalue weighted by Gasteiger charge is 2.25. The lowest BCUT2D eigenvalue weighted by atomic mass is 9.89. The van der Waals surface area contributed by atoms with Crippen LogP contribution in [0.15, 0.2) is 0 Å². The number of carbonyl (C=O) groups is 1. The summed E-state index contributed by atoms with van der Waals surface area (Å²) in [5, 5.41) is 3.39. The SMILES string of the molecule is CCCNC(C)(C)COC(=O)C1CCCCC1. The Morgan fingerprint density at radius 3 is 2.53 bits per heavy atom. The molecule has 0 bridgehead atoms. The average Bonchev–Trinajstić information content (AvgIpc) is 2.35. The lowest BCUT2D eigenvalue weighted by Gasteiger charge is -2.27. The van der Waals surface area contributed by atoms with Gasteiger partial charge in [0.25, 0.3) is 0 Å². The van der Waals surface area contributed by atoms with Gasteiger partial charge in [0.05, 0.1) is 5.92 Å². The zero-order chi connectivity index (χ0) is 12.7. The van der Waals surface area contributed by atoms with Gasteiger partial charge in [-0.2, -0.15) is 0 Å². The van der Waals surface area contributed by atoms with E-state index in [1.807, 2.05) is 0 Å². The Kier molecular flexibility index (Phi) is 5.96. The van der Waals surface area contributed by atoms with Gasteiger partial charge in [-0.15, -0.1) is 0 Å². The minimum absolute atomic E-state index is 0.0103. The molecule has 0 heterocycles. The molecule has 0 aromatic heterocycles. The number of nitrogens with one attached hydrogen (secondary N) is 1. The number of esters is 1. The summed E-state index contributed by atoms with van der Waals surface area (Å²) in [4.78, 5) is 11.9. The molecule has 3 heteroatoms. The molecule has 0 spiro atoms. The van der Waals surface area contributed by atoms with Gasteiger partial charge in [-0.05, 0) is 39.7 Å². The Balaban J connectivity index is 2.26. The lowest BCUT2D eigenvalue weighted by molar-refractivity contribution is -0.151. The van der Waals surface area contributed by atoms with Crippen LogP contribution in [0.2, 0.25) is 0 Å². The summed E-state index contributed by atoms with van der Waals surface area (Å²) in [6.07, 6.45) is 6.76. The third-order valence-corrected chi connectivity index (χ3v) is 3.37. The van der Waals surface area contributed by atoms with Crippen molar-refractivity contribution in [2.24, 2.45) is 5.92 Å². The smallest absolute Gasteiger partial charge is 0.308 e. The molecule has 0 amide bonds. The molecule has 0 unspecified atom stereocenters. The van der Waals surface area contributed by atoms with Crippen molar-refractivity contribution in [3.05, 3.63) is 0 Å². The molecular formula is C14H27NO2. The fraction of sp³-hybridized carbons (Fsp3) is 0.929. The Labute approximate surface area is 105 Å². The van der Waals surface area contributed by atoms with Gasteiger partial charge < -0.3 is 10.1 Å². The Bertz CT molecular complexity index is 232. The minimum Gasteiger partial charge on any atom is -0.464 e. The zero-order valence-electron chi connectivity index (χ0n) is 11.6. The lowest BCUT2D eigenvalue weighted by Crippen LogP contribution is -2.44. The van der Waals surface area contributed by atoms with Gasteiger partial charge in [0.1, 0.15) is 6.61 Å². The minimum atomic E-state index is -0.111. The summed E-state index contributed by atoms with van der Waals surface area (Å²) in [7, 11) is 0. The Hall–Kier alpha value is -0.570. The van der Waals surface area contributed by atoms with E-state index in [0.717, 1.165) is 25.8 Å². The number of ether oxygens (including phenoxy) is 1. The molecule has 17 heavy (non-hydrogen) atoms. The van der Waals surface area contributed by atoms with Gasteiger partial charge in [0.15, 0.2) is 0 Å². The van der Waals surface area contributed by atoms with E-state index in [2.05, 4.69) is 26.1 Å². The first kappa shape index (κ1) is 14.5. The number of carbonyl (C=O) groups excluding carboxylic acids is 1. The van der Waals surface area contributed by atoms with Crippen molar-refractivity contribution in [3.63, 3.8) is 0 Å². The van der Waals surface area contributed by atoms with E-state index in [9.17, 15) is 4.79 Å². The van der Waals surface area contributed by atoms with E-state index in [0.29, 0.717) is 6.61 Å². The van der Waals surface area contributed by atoms with Crippen LogP contribution in [0.3, 0.4) is 0 Å². The zero-order valence-corrected chi connectivity index (χ0v) is 11.6. The van der Waals surface area contributed by atoms with Gasteiger partial charge in [0, 0.05) is 5.54 Å². The maximum absolute atomic E-state index is 11.9. The van der Waals surface area contributed by atoms with Gasteiger partial charge >= 0.3 is 5.97 Å². The van der Waals surface area contributed by atoms with Crippen molar-refractivity contribution >= 4 is 5.97 Å². The molecule has 3 nitrogen and oxygen atoms in total. The second-order valence-corrected chi connectivity index (χ2v) is 5.75. The molecule has 100 valence electrons. The summed E-state index contributed by atoms with van der Waals surface area (Å²) in [6.45, 7) is 7.74. The van der Waals surface area contributed by atoms with Gasteiger partial charge in [-0.1, -0.05) is 26.2 Å². The predicted molar refractivity (Wildman–Crippen MR) is 69.9 cm³/mol. The van der Waals surface area contributed by atoms with Crippen molar-refractivity contribution in [1.29, 1.82) is 0 Å². The summed E-state index contributed by atoms with van der Waals surface area (Å²) < 4.78 is 5.44. The maximum Gasteiger partial charge on any atom is 0.308 e. The molecule has 1 aliphatic carbocycles. The average molecular weight is 241 g/mol. The molecule has 0 saturated heterocycles. The summed E-state index contributed by atoms with van der Waals surface area (Å²) in [5.41, 5.74) is -0.111. The quantitative estimate of drug-likeness (QED) is 0.727. The van der Waals surface area contributed by atoms with Crippen LogP contribution in [-0.2, 0) is 9.53 Å². The largest absolute Gasteiger partial charge is 0.464 e. The van der Waals surface area contributed by atoms with E-state index in [-0.39, 0.29) is 17.4 Å². The molecule has 0 aromatic carbocycles. The number of rotatable bonds is 6. The molecular weight excluding hydrogens is 214 g/mol. The first-order valence-electron chi connectivity index (χ1n) is 6.97. The normalized spacial score (nSPS) is 18.1. The molecule has 1 saturated carbocycles. The molecule has 1 N–H and O–H groups in total. The highest BCUT2D eigenvalue weighted by atomic mass is 16.5. The van der Waals surface area contributed by atoms with E-state index in [1.165, 1.54) is 19.3 Å². The second-order valence-electron chi connectivity index (χ2n) is 5.75. The molecule has 1 aliphatic rings. The first-order chi connectivity index (χ1) is 8.05. The van der Waals surface area contributed by atoms with Crippen LogP contribution in [-0.4, -0.2) is 24.7 Å². The molecule has 0 radical (unpaired) electrons. The predicted octanol–water partition coefficient (Wildman–Crippen LogP) is 2.89. The number of hydrogen-bond donors (Lipinski definition) is 1. The van der Waals surface area contributed by atoms with Crippen molar-refractivity contribution in [2.75, 3.05) is 13.2 Å². The Morgan fingerprint density at radius 1 is 1.29 bits per heavy atom. The summed E-state index contributed by atoms with van der Waals surface area (Å²) in [5.74, 6) is 0.168. The number of hydrogen-bond acceptors (Lipinski definition) is 3. The first-order valence-corrected chi connectivity index (χ1v) is 6.97. The fourth-order valence-electron chi connectivity index (χ4n) is 2.22. The molecule has 1 rings (SSSR count). The van der Waals surface area contributed by atoms with Crippen molar-refractivity contribution < 1.29 is 9.53 Å². The second kappa shape index (κ2) is 7.00. The van der Waals surface area contributed by atoms with Crippen LogP contribution in [0.5, 0.6) is 0 Å². The topological polar surface area (TPSA) is 38.3 Å². The highest BCUT2D eigenvalue weighted by molar-refractivity contribution is 5.72. The van der Waals surface area contributed by atoms with E-state index < -0.39 is 0 Å². The molecule has 0 aliphatic heterocycles. The van der Waals surface area contributed by atoms with Crippen molar-refractivity contribution in [3.8, 4) is 0 Å². The van der Waals surface area contributed by atoms with Crippen molar-refractivity contribution in [1.82, 2.24) is 5.32 Å². The summed E-state index contributed by atoms with van der Waals surface area (Å²) >= 11 is 0. The van der Waals surface area contributed by atoms with Crippen LogP contribution >= 0.6 is 0 Å². The maximum atomic E-state index is 11.9. The van der Waals surface area contributed by atoms with Gasteiger partial charge in [-0.3, -0.25) is 4.79 Å². The van der Waals surface area contributed by atoms with Crippen LogP contribution in [0.4, 0.5) is 0 Å². The third kappa shape index (κ3) is 5.53. The standard InChI is InChI=1S/C14H27NO2/c1-4-10-15-14(2,3)11-17-13(16)12-8-6-5-7-9-12/h12,15H,4-11H2,1-3H3. The highest BCUT2D eigenvalue weighted by Crippen LogP contribution is 2.24. The van der Waals surface area contributed by atoms with Crippen LogP contribution < -0.4 is 5.32 Å². The third-order valence-electron chi connectivity index (χ3n) is 3.37. The van der Waals surface area contributed by atoms with Crippen molar-refractivity contribution in [2.45, 2.75) is 64.8 Å². The molecule has 1 fully saturated rings. The van der Waals surface area contributed by atoms with Crippen LogP contribution in [0.1, 0.15) is 59.3 Å². The Morgan fingerprint density at radius 2 is 1.94 bits per heavy atom. The van der Waals surface area contributed by atoms with Gasteiger partial charge in [0.2, 0.25) is 0 Å².